The van der Waals surface area contributed by atoms with E-state index in [2.05, 4.69) is 5.32 Å². The molecule has 0 bridgehead atoms. The van der Waals surface area contributed by atoms with Crippen molar-refractivity contribution in [2.75, 3.05) is 0 Å². The Hall–Kier alpha value is -2.11. The first-order valence-corrected chi connectivity index (χ1v) is 6.24. The van der Waals surface area contributed by atoms with E-state index in [9.17, 15) is 14.0 Å². The van der Waals surface area contributed by atoms with Crippen molar-refractivity contribution in [3.05, 3.63) is 30.1 Å². The molecule has 0 spiro atoms. The summed E-state index contributed by atoms with van der Waals surface area (Å²) in [6, 6.07) is 4.28. The SMILES string of the molecule is CC[C@H](NC(=O)C(C)(C)Oc1ccc(F)cc1)C(=O)O. The Kier molecular flexibility index (Phi) is 5.07. The number of benzene rings is 1. The Labute approximate surface area is 116 Å². The molecular weight excluding hydrogens is 265 g/mol. The van der Waals surface area contributed by atoms with Crippen LogP contribution in [0, 0.1) is 5.82 Å². The summed E-state index contributed by atoms with van der Waals surface area (Å²) in [6.07, 6.45) is 0.272. The molecule has 1 atom stereocenters. The molecule has 20 heavy (non-hydrogen) atoms. The summed E-state index contributed by atoms with van der Waals surface area (Å²) in [4.78, 5) is 22.9. The van der Waals surface area contributed by atoms with Gasteiger partial charge >= 0.3 is 5.97 Å². The zero-order valence-electron chi connectivity index (χ0n) is 11.6. The molecule has 0 aromatic heterocycles. The van der Waals surface area contributed by atoms with Gasteiger partial charge in [-0.05, 0) is 44.5 Å². The Balaban J connectivity index is 2.74. The van der Waals surface area contributed by atoms with Crippen LogP contribution in [0.3, 0.4) is 0 Å². The molecule has 0 fully saturated rings. The van der Waals surface area contributed by atoms with E-state index in [1.807, 2.05) is 0 Å². The molecule has 0 aliphatic carbocycles. The van der Waals surface area contributed by atoms with Crippen LogP contribution in [-0.2, 0) is 9.59 Å². The highest BCUT2D eigenvalue weighted by atomic mass is 19.1. The molecule has 1 amide bonds. The van der Waals surface area contributed by atoms with Gasteiger partial charge in [-0.1, -0.05) is 6.92 Å². The second-order valence-electron chi connectivity index (χ2n) is 4.84. The van der Waals surface area contributed by atoms with Crippen molar-refractivity contribution in [1.29, 1.82) is 0 Å². The number of carbonyl (C=O) groups excluding carboxylic acids is 1. The lowest BCUT2D eigenvalue weighted by Crippen LogP contribution is -2.52. The van der Waals surface area contributed by atoms with Crippen LogP contribution in [0.4, 0.5) is 4.39 Å². The molecule has 0 heterocycles. The maximum atomic E-state index is 12.8. The molecule has 0 aliphatic rings. The van der Waals surface area contributed by atoms with Gasteiger partial charge < -0.3 is 15.2 Å². The first-order chi connectivity index (χ1) is 9.26. The standard InChI is InChI=1S/C14H18FNO4/c1-4-11(12(17)18)16-13(19)14(2,3)20-10-7-5-9(15)6-8-10/h5-8,11H,4H2,1-3H3,(H,16,19)(H,17,18)/t11-/m0/s1. The summed E-state index contributed by atoms with van der Waals surface area (Å²) in [5, 5.41) is 11.3. The summed E-state index contributed by atoms with van der Waals surface area (Å²) in [5.41, 5.74) is -1.26. The normalized spacial score (nSPS) is 12.6. The molecule has 0 aliphatic heterocycles. The molecule has 1 aromatic carbocycles. The van der Waals surface area contributed by atoms with Gasteiger partial charge in [-0.25, -0.2) is 9.18 Å². The van der Waals surface area contributed by atoms with Crippen LogP contribution in [-0.4, -0.2) is 28.6 Å². The van der Waals surface area contributed by atoms with Gasteiger partial charge in [0.2, 0.25) is 0 Å². The molecule has 0 saturated carbocycles. The molecule has 0 radical (unpaired) electrons. The molecule has 6 heteroatoms. The highest BCUT2D eigenvalue weighted by molar-refractivity contribution is 5.88. The number of hydrogen-bond donors (Lipinski definition) is 2. The minimum Gasteiger partial charge on any atom is -0.480 e. The third kappa shape index (κ3) is 4.22. The van der Waals surface area contributed by atoms with Crippen molar-refractivity contribution in [2.45, 2.75) is 38.8 Å². The number of rotatable bonds is 6. The van der Waals surface area contributed by atoms with Crippen LogP contribution in [0.5, 0.6) is 5.75 Å². The monoisotopic (exact) mass is 283 g/mol. The van der Waals surface area contributed by atoms with Crippen LogP contribution >= 0.6 is 0 Å². The molecular formula is C14H18FNO4. The average molecular weight is 283 g/mol. The summed E-state index contributed by atoms with van der Waals surface area (Å²) < 4.78 is 18.3. The first-order valence-electron chi connectivity index (χ1n) is 6.24. The van der Waals surface area contributed by atoms with Crippen molar-refractivity contribution in [3.63, 3.8) is 0 Å². The van der Waals surface area contributed by atoms with Gasteiger partial charge in [0, 0.05) is 0 Å². The van der Waals surface area contributed by atoms with Crippen LogP contribution in [0.2, 0.25) is 0 Å². The van der Waals surface area contributed by atoms with E-state index in [0.717, 1.165) is 0 Å². The average Bonchev–Trinajstić information content (AvgIpc) is 2.37. The summed E-state index contributed by atoms with van der Waals surface area (Å²) >= 11 is 0. The third-order valence-corrected chi connectivity index (χ3v) is 2.75. The Morgan fingerprint density at radius 3 is 2.35 bits per heavy atom. The number of hydrogen-bond acceptors (Lipinski definition) is 3. The number of carboxylic acids is 1. The topological polar surface area (TPSA) is 75.6 Å². The Morgan fingerprint density at radius 2 is 1.90 bits per heavy atom. The predicted octanol–water partition coefficient (Wildman–Crippen LogP) is 1.96. The minimum atomic E-state index is -1.26. The van der Waals surface area contributed by atoms with Crippen LogP contribution < -0.4 is 10.1 Å². The molecule has 2 N–H and O–H groups in total. The number of carboxylic acid groups (broad SMARTS) is 1. The van der Waals surface area contributed by atoms with E-state index < -0.39 is 29.3 Å². The fraction of sp³-hybridized carbons (Fsp3) is 0.429. The third-order valence-electron chi connectivity index (χ3n) is 2.75. The lowest BCUT2D eigenvalue weighted by atomic mass is 10.1. The van der Waals surface area contributed by atoms with Gasteiger partial charge in [0.1, 0.15) is 17.6 Å². The molecule has 1 rings (SSSR count). The van der Waals surface area contributed by atoms with Gasteiger partial charge in [-0.15, -0.1) is 0 Å². The molecule has 5 nitrogen and oxygen atoms in total. The van der Waals surface area contributed by atoms with Gasteiger partial charge in [-0.3, -0.25) is 4.79 Å². The summed E-state index contributed by atoms with van der Waals surface area (Å²) in [6.45, 7) is 4.69. The predicted molar refractivity (Wildman–Crippen MR) is 71.0 cm³/mol. The van der Waals surface area contributed by atoms with Crippen molar-refractivity contribution in [2.24, 2.45) is 0 Å². The van der Waals surface area contributed by atoms with Crippen LogP contribution in [0.25, 0.3) is 0 Å². The maximum Gasteiger partial charge on any atom is 0.326 e. The van der Waals surface area contributed by atoms with Crippen LogP contribution in [0.15, 0.2) is 24.3 Å². The highest BCUT2D eigenvalue weighted by Gasteiger charge is 2.32. The Bertz CT molecular complexity index is 484. The van der Waals surface area contributed by atoms with Crippen molar-refractivity contribution >= 4 is 11.9 Å². The Morgan fingerprint density at radius 1 is 1.35 bits per heavy atom. The smallest absolute Gasteiger partial charge is 0.326 e. The van der Waals surface area contributed by atoms with Gasteiger partial charge in [-0.2, -0.15) is 0 Å². The summed E-state index contributed by atoms with van der Waals surface area (Å²) in [5.74, 6) is -1.72. The lowest BCUT2D eigenvalue weighted by molar-refractivity contribution is -0.145. The molecule has 0 unspecified atom stereocenters. The van der Waals surface area contributed by atoms with Gasteiger partial charge in [0.25, 0.3) is 5.91 Å². The first kappa shape index (κ1) is 15.9. The van der Waals surface area contributed by atoms with E-state index in [1.165, 1.54) is 38.1 Å². The molecule has 1 aromatic rings. The van der Waals surface area contributed by atoms with Gasteiger partial charge in [0.15, 0.2) is 5.60 Å². The largest absolute Gasteiger partial charge is 0.480 e. The number of halogens is 1. The number of amides is 1. The zero-order chi connectivity index (χ0) is 15.3. The van der Waals surface area contributed by atoms with Crippen molar-refractivity contribution in [3.8, 4) is 5.75 Å². The summed E-state index contributed by atoms with van der Waals surface area (Å²) in [7, 11) is 0. The van der Waals surface area contributed by atoms with E-state index in [1.54, 1.807) is 6.92 Å². The second-order valence-corrected chi connectivity index (χ2v) is 4.84. The fourth-order valence-electron chi connectivity index (χ4n) is 1.51. The van der Waals surface area contributed by atoms with E-state index >= 15 is 0 Å². The molecule has 110 valence electrons. The van der Waals surface area contributed by atoms with Gasteiger partial charge in [0.05, 0.1) is 0 Å². The molecule has 0 saturated heterocycles. The van der Waals surface area contributed by atoms with Crippen LogP contribution in [0.1, 0.15) is 27.2 Å². The number of ether oxygens (including phenoxy) is 1. The fourth-order valence-corrected chi connectivity index (χ4v) is 1.51. The maximum absolute atomic E-state index is 12.8. The van der Waals surface area contributed by atoms with E-state index in [4.69, 9.17) is 9.84 Å². The number of nitrogens with one attached hydrogen (secondary N) is 1. The quantitative estimate of drug-likeness (QED) is 0.837. The minimum absolute atomic E-state index is 0.272. The van der Waals surface area contributed by atoms with Crippen molar-refractivity contribution < 1.29 is 23.8 Å². The highest BCUT2D eigenvalue weighted by Crippen LogP contribution is 2.19. The zero-order valence-corrected chi connectivity index (χ0v) is 11.6. The number of aliphatic carboxylic acids is 1. The van der Waals surface area contributed by atoms with E-state index in [-0.39, 0.29) is 6.42 Å². The number of carbonyl (C=O) groups is 2. The van der Waals surface area contributed by atoms with Crippen molar-refractivity contribution in [1.82, 2.24) is 5.32 Å². The lowest BCUT2D eigenvalue weighted by Gasteiger charge is -2.26. The second kappa shape index (κ2) is 6.36. The van der Waals surface area contributed by atoms with E-state index in [0.29, 0.717) is 5.75 Å².